The van der Waals surface area contributed by atoms with Gasteiger partial charge in [0.1, 0.15) is 0 Å². The molecule has 0 aromatic heterocycles. The zero-order valence-corrected chi connectivity index (χ0v) is 14.8. The van der Waals surface area contributed by atoms with Gasteiger partial charge >= 0.3 is 0 Å². The highest BCUT2D eigenvalue weighted by atomic mass is 16.2. The summed E-state index contributed by atoms with van der Waals surface area (Å²) < 4.78 is 0. The highest BCUT2D eigenvalue weighted by molar-refractivity contribution is 5.97. The predicted octanol–water partition coefficient (Wildman–Crippen LogP) is 2.45. The number of carbonyl (C=O) groups is 2. The second kappa shape index (κ2) is 6.93. The Morgan fingerprint density at radius 2 is 1.67 bits per heavy atom. The maximum atomic E-state index is 12.6. The number of rotatable bonds is 4. The first kappa shape index (κ1) is 17.0. The summed E-state index contributed by atoms with van der Waals surface area (Å²) in [5, 5.41) is 2.93. The Bertz CT molecular complexity index is 604. The van der Waals surface area contributed by atoms with E-state index in [1.807, 2.05) is 29.2 Å². The number of nitrogens with one attached hydrogen (secondary N) is 1. The van der Waals surface area contributed by atoms with Gasteiger partial charge in [-0.2, -0.15) is 0 Å². The second-order valence-corrected chi connectivity index (χ2v) is 7.31. The average Bonchev–Trinajstić information content (AvgIpc) is 3.32. The molecule has 0 radical (unpaired) electrons. The van der Waals surface area contributed by atoms with Crippen LogP contribution in [0.25, 0.3) is 0 Å². The van der Waals surface area contributed by atoms with Gasteiger partial charge in [0.05, 0.1) is 0 Å². The Balaban J connectivity index is 1.55. The van der Waals surface area contributed by atoms with E-state index in [9.17, 15) is 9.59 Å². The third-order valence-corrected chi connectivity index (χ3v) is 5.18. The third kappa shape index (κ3) is 3.78. The smallest absolute Gasteiger partial charge is 0.253 e. The Kier molecular flexibility index (Phi) is 4.90. The number of anilines is 1. The number of benzene rings is 1. The first-order valence-electron chi connectivity index (χ1n) is 8.90. The van der Waals surface area contributed by atoms with Gasteiger partial charge in [0.15, 0.2) is 0 Å². The van der Waals surface area contributed by atoms with E-state index in [0.29, 0.717) is 17.5 Å². The lowest BCUT2D eigenvalue weighted by Crippen LogP contribution is -2.50. The van der Waals surface area contributed by atoms with E-state index in [1.165, 1.54) is 0 Å². The summed E-state index contributed by atoms with van der Waals surface area (Å²) in [6, 6.07) is 7.79. The molecule has 2 atom stereocenters. The quantitative estimate of drug-likeness (QED) is 0.923. The summed E-state index contributed by atoms with van der Waals surface area (Å²) in [4.78, 5) is 28.8. The molecule has 1 aromatic carbocycles. The highest BCUT2D eigenvalue weighted by Gasteiger charge is 2.39. The third-order valence-electron chi connectivity index (χ3n) is 5.18. The summed E-state index contributed by atoms with van der Waals surface area (Å²) in [6.07, 6.45) is 0.977. The molecule has 1 aliphatic heterocycles. The second-order valence-electron chi connectivity index (χ2n) is 7.31. The van der Waals surface area contributed by atoms with Crippen LogP contribution in [0.5, 0.6) is 0 Å². The van der Waals surface area contributed by atoms with Crippen molar-refractivity contribution in [1.29, 1.82) is 0 Å². The molecular weight excluding hydrogens is 302 g/mol. The minimum atomic E-state index is 0.0760. The van der Waals surface area contributed by atoms with Crippen LogP contribution in [-0.2, 0) is 4.79 Å². The van der Waals surface area contributed by atoms with Crippen molar-refractivity contribution in [2.24, 2.45) is 11.8 Å². The summed E-state index contributed by atoms with van der Waals surface area (Å²) in [6.45, 7) is 9.86. The molecule has 24 heavy (non-hydrogen) atoms. The van der Waals surface area contributed by atoms with Gasteiger partial charge in [0, 0.05) is 49.4 Å². The average molecular weight is 329 g/mol. The van der Waals surface area contributed by atoms with Gasteiger partial charge in [-0.05, 0) is 50.5 Å². The molecule has 1 heterocycles. The van der Waals surface area contributed by atoms with Crippen LogP contribution in [0.3, 0.4) is 0 Å². The molecular formula is C19H27N3O2. The van der Waals surface area contributed by atoms with Crippen molar-refractivity contribution in [2.75, 3.05) is 31.5 Å². The molecule has 2 fully saturated rings. The van der Waals surface area contributed by atoms with Crippen molar-refractivity contribution < 1.29 is 9.59 Å². The van der Waals surface area contributed by atoms with Gasteiger partial charge in [-0.15, -0.1) is 0 Å². The lowest BCUT2D eigenvalue weighted by Gasteiger charge is -2.37. The number of carbonyl (C=O) groups excluding carboxylic acids is 2. The Hall–Kier alpha value is -1.88. The van der Waals surface area contributed by atoms with Crippen LogP contribution in [0.15, 0.2) is 24.3 Å². The van der Waals surface area contributed by atoms with E-state index in [-0.39, 0.29) is 17.7 Å². The van der Waals surface area contributed by atoms with Crippen LogP contribution < -0.4 is 5.32 Å². The number of piperazine rings is 1. The van der Waals surface area contributed by atoms with Gasteiger partial charge in [-0.1, -0.05) is 6.92 Å². The van der Waals surface area contributed by atoms with Crippen molar-refractivity contribution in [2.45, 2.75) is 33.2 Å². The van der Waals surface area contributed by atoms with E-state index in [0.717, 1.165) is 38.3 Å². The number of nitrogens with zero attached hydrogens (tertiary/aromatic N) is 2. The number of amides is 2. The van der Waals surface area contributed by atoms with E-state index >= 15 is 0 Å². The van der Waals surface area contributed by atoms with Crippen LogP contribution in [-0.4, -0.2) is 53.8 Å². The molecule has 1 saturated carbocycles. The SMILES string of the molecule is CC1CC1C(=O)Nc1ccc(C(=O)N2CCN(C(C)C)CC2)cc1. The van der Waals surface area contributed by atoms with E-state index in [4.69, 9.17) is 0 Å². The van der Waals surface area contributed by atoms with E-state index in [2.05, 4.69) is 31.0 Å². The lowest BCUT2D eigenvalue weighted by atomic mass is 10.1. The molecule has 2 unspecified atom stereocenters. The lowest BCUT2D eigenvalue weighted by molar-refractivity contribution is -0.117. The van der Waals surface area contributed by atoms with Crippen LogP contribution in [0.4, 0.5) is 5.69 Å². The first-order valence-corrected chi connectivity index (χ1v) is 8.90. The van der Waals surface area contributed by atoms with Crippen molar-refractivity contribution in [3.8, 4) is 0 Å². The summed E-state index contributed by atoms with van der Waals surface area (Å²) in [5.41, 5.74) is 1.45. The molecule has 1 N–H and O–H groups in total. The van der Waals surface area contributed by atoms with Crippen molar-refractivity contribution in [1.82, 2.24) is 9.80 Å². The maximum Gasteiger partial charge on any atom is 0.253 e. The van der Waals surface area contributed by atoms with Gasteiger partial charge in [0.2, 0.25) is 5.91 Å². The molecule has 3 rings (SSSR count). The molecule has 2 amide bonds. The fourth-order valence-electron chi connectivity index (χ4n) is 3.24. The van der Waals surface area contributed by atoms with Gasteiger partial charge in [-0.25, -0.2) is 0 Å². The van der Waals surface area contributed by atoms with Gasteiger partial charge in [0.25, 0.3) is 5.91 Å². The van der Waals surface area contributed by atoms with Crippen molar-refractivity contribution in [3.05, 3.63) is 29.8 Å². The number of hydrogen-bond donors (Lipinski definition) is 1. The Morgan fingerprint density at radius 1 is 1.08 bits per heavy atom. The van der Waals surface area contributed by atoms with Crippen LogP contribution >= 0.6 is 0 Å². The molecule has 130 valence electrons. The topological polar surface area (TPSA) is 52.7 Å². The first-order chi connectivity index (χ1) is 11.5. The minimum Gasteiger partial charge on any atom is -0.336 e. The standard InChI is InChI=1S/C19H27N3O2/c1-13(2)21-8-10-22(11-9-21)19(24)15-4-6-16(7-5-15)20-18(23)17-12-14(17)3/h4-7,13-14,17H,8-12H2,1-3H3,(H,20,23). The molecule has 5 nitrogen and oxygen atoms in total. The molecule has 0 spiro atoms. The predicted molar refractivity (Wildman–Crippen MR) is 95.0 cm³/mol. The molecule has 0 bridgehead atoms. The van der Waals surface area contributed by atoms with Crippen molar-refractivity contribution in [3.63, 3.8) is 0 Å². The largest absolute Gasteiger partial charge is 0.336 e. The summed E-state index contributed by atoms with van der Waals surface area (Å²) >= 11 is 0. The van der Waals surface area contributed by atoms with Crippen LogP contribution in [0.1, 0.15) is 37.6 Å². The van der Waals surface area contributed by atoms with Crippen LogP contribution in [0, 0.1) is 11.8 Å². The molecule has 1 saturated heterocycles. The fourth-order valence-corrected chi connectivity index (χ4v) is 3.24. The normalized spacial score (nSPS) is 24.1. The highest BCUT2D eigenvalue weighted by Crippen LogP contribution is 2.38. The van der Waals surface area contributed by atoms with Gasteiger partial charge in [-0.3, -0.25) is 14.5 Å². The monoisotopic (exact) mass is 329 g/mol. The van der Waals surface area contributed by atoms with Crippen LogP contribution in [0.2, 0.25) is 0 Å². The van der Waals surface area contributed by atoms with E-state index in [1.54, 1.807) is 0 Å². The molecule has 2 aliphatic rings. The fraction of sp³-hybridized carbons (Fsp3) is 0.579. The Labute approximate surface area is 144 Å². The van der Waals surface area contributed by atoms with E-state index < -0.39 is 0 Å². The summed E-state index contributed by atoms with van der Waals surface area (Å²) in [7, 11) is 0. The van der Waals surface area contributed by atoms with Gasteiger partial charge < -0.3 is 10.2 Å². The molecule has 5 heteroatoms. The summed E-state index contributed by atoms with van der Waals surface area (Å²) in [5.74, 6) is 0.817. The zero-order chi connectivity index (χ0) is 17.3. The molecule has 1 aromatic rings. The Morgan fingerprint density at radius 3 is 2.17 bits per heavy atom. The minimum absolute atomic E-state index is 0.0760. The molecule has 1 aliphatic carbocycles. The number of hydrogen-bond acceptors (Lipinski definition) is 3. The van der Waals surface area contributed by atoms with Crippen molar-refractivity contribution >= 4 is 17.5 Å². The maximum absolute atomic E-state index is 12.6. The zero-order valence-electron chi connectivity index (χ0n) is 14.8.